The highest BCUT2D eigenvalue weighted by Crippen LogP contribution is 2.34. The summed E-state index contributed by atoms with van der Waals surface area (Å²) in [6, 6.07) is 0. The van der Waals surface area contributed by atoms with Gasteiger partial charge in [-0.1, -0.05) is 52.4 Å². The maximum Gasteiger partial charge on any atom is 0.411 e. The molecular weight excluding hydrogens is 380 g/mol. The van der Waals surface area contributed by atoms with Crippen molar-refractivity contribution in [1.29, 1.82) is 0 Å². The summed E-state index contributed by atoms with van der Waals surface area (Å²) >= 11 is 0. The normalized spacial score (nSPS) is 10.6. The molecule has 0 aliphatic carbocycles. The van der Waals surface area contributed by atoms with Gasteiger partial charge in [0.15, 0.2) is 0 Å². The second kappa shape index (κ2) is 13.9. The molecule has 1 aromatic carbocycles. The summed E-state index contributed by atoms with van der Waals surface area (Å²) in [6.07, 6.45) is 7.60. The molecule has 0 aromatic heterocycles. The van der Waals surface area contributed by atoms with Gasteiger partial charge in [0.05, 0.1) is 24.6 Å². The van der Waals surface area contributed by atoms with Crippen molar-refractivity contribution in [3.05, 3.63) is 22.3 Å². The fourth-order valence-electron chi connectivity index (χ4n) is 3.35. The van der Waals surface area contributed by atoms with Crippen LogP contribution in [0.4, 0.5) is 21.0 Å². The van der Waals surface area contributed by atoms with E-state index in [2.05, 4.69) is 24.5 Å². The number of nitrogens with one attached hydrogen (secondary N) is 2. The lowest BCUT2D eigenvalue weighted by Crippen LogP contribution is -2.19. The molecule has 170 valence electrons. The lowest BCUT2D eigenvalue weighted by atomic mass is 9.96. The summed E-state index contributed by atoms with van der Waals surface area (Å²) < 4.78 is 10.6. The summed E-state index contributed by atoms with van der Waals surface area (Å²) in [7, 11) is 0. The first-order valence-corrected chi connectivity index (χ1v) is 11.3. The number of carbonyl (C=O) groups excluding carboxylic acids is 2. The van der Waals surface area contributed by atoms with Crippen LogP contribution in [0.5, 0.6) is 0 Å². The summed E-state index contributed by atoms with van der Waals surface area (Å²) in [6.45, 7) is 12.9. The van der Waals surface area contributed by atoms with Crippen molar-refractivity contribution < 1.29 is 19.1 Å². The van der Waals surface area contributed by atoms with E-state index in [1.165, 1.54) is 0 Å². The fourth-order valence-corrected chi connectivity index (χ4v) is 3.35. The van der Waals surface area contributed by atoms with Gasteiger partial charge < -0.3 is 9.47 Å². The van der Waals surface area contributed by atoms with Gasteiger partial charge in [0, 0.05) is 0 Å². The Labute approximate surface area is 182 Å². The molecule has 1 rings (SSSR count). The van der Waals surface area contributed by atoms with E-state index in [-0.39, 0.29) is 0 Å². The van der Waals surface area contributed by atoms with Gasteiger partial charge in [0.25, 0.3) is 0 Å². The van der Waals surface area contributed by atoms with Crippen LogP contribution in [0, 0.1) is 27.7 Å². The van der Waals surface area contributed by atoms with E-state index in [0.717, 1.165) is 85.0 Å². The minimum absolute atomic E-state index is 0.422. The number of hydrogen-bond acceptors (Lipinski definition) is 4. The molecule has 0 radical (unpaired) electrons. The van der Waals surface area contributed by atoms with Crippen molar-refractivity contribution in [3.63, 3.8) is 0 Å². The number of anilines is 2. The monoisotopic (exact) mass is 420 g/mol. The van der Waals surface area contributed by atoms with Crippen molar-refractivity contribution >= 4 is 23.6 Å². The molecule has 0 aliphatic heterocycles. The molecule has 2 amide bonds. The zero-order chi connectivity index (χ0) is 22.5. The van der Waals surface area contributed by atoms with Crippen LogP contribution in [-0.2, 0) is 9.47 Å². The van der Waals surface area contributed by atoms with Gasteiger partial charge in [-0.05, 0) is 62.8 Å². The van der Waals surface area contributed by atoms with E-state index in [1.54, 1.807) is 0 Å². The number of rotatable bonds is 12. The Kier molecular flexibility index (Phi) is 11.9. The average Bonchev–Trinajstić information content (AvgIpc) is 2.72. The minimum Gasteiger partial charge on any atom is -0.449 e. The largest absolute Gasteiger partial charge is 0.449 e. The molecule has 0 heterocycles. The molecular formula is C24H40N2O4. The summed E-state index contributed by atoms with van der Waals surface area (Å²) in [5, 5.41) is 5.76. The SMILES string of the molecule is CCCCCCOC(=O)Nc1c(C)c(C)c(NC(=O)OCCCCCC)c(C)c1C. The van der Waals surface area contributed by atoms with Crippen LogP contribution in [-0.4, -0.2) is 25.4 Å². The summed E-state index contributed by atoms with van der Waals surface area (Å²) in [4.78, 5) is 24.4. The van der Waals surface area contributed by atoms with E-state index in [4.69, 9.17) is 9.47 Å². The number of ether oxygens (including phenoxy) is 2. The van der Waals surface area contributed by atoms with E-state index >= 15 is 0 Å². The maximum absolute atomic E-state index is 12.2. The van der Waals surface area contributed by atoms with Gasteiger partial charge >= 0.3 is 12.2 Å². The van der Waals surface area contributed by atoms with Crippen molar-refractivity contribution in [2.45, 2.75) is 92.9 Å². The van der Waals surface area contributed by atoms with Crippen LogP contribution in [0.2, 0.25) is 0 Å². The lowest BCUT2D eigenvalue weighted by Gasteiger charge is -2.21. The van der Waals surface area contributed by atoms with Crippen molar-refractivity contribution in [2.75, 3.05) is 23.8 Å². The molecule has 0 bridgehead atoms. The zero-order valence-corrected chi connectivity index (χ0v) is 19.7. The van der Waals surface area contributed by atoms with Crippen LogP contribution in [0.25, 0.3) is 0 Å². The molecule has 0 atom stereocenters. The van der Waals surface area contributed by atoms with Crippen LogP contribution >= 0.6 is 0 Å². The van der Waals surface area contributed by atoms with Gasteiger partial charge in [-0.25, -0.2) is 9.59 Å². The van der Waals surface area contributed by atoms with Crippen molar-refractivity contribution in [3.8, 4) is 0 Å². The van der Waals surface area contributed by atoms with Gasteiger partial charge in [0.2, 0.25) is 0 Å². The molecule has 0 fully saturated rings. The standard InChI is InChI=1S/C24H40N2O4/c1-7-9-11-13-15-29-23(27)25-21-17(3)19(5)22(20(6)18(21)4)26-24(28)30-16-14-12-10-8-2/h7-16H2,1-6H3,(H,25,27)(H,26,28). The molecule has 1 aromatic rings. The van der Waals surface area contributed by atoms with E-state index in [9.17, 15) is 9.59 Å². The Morgan fingerprint density at radius 1 is 0.600 bits per heavy atom. The first-order valence-electron chi connectivity index (χ1n) is 11.3. The van der Waals surface area contributed by atoms with Crippen molar-refractivity contribution in [1.82, 2.24) is 0 Å². The summed E-state index contributed by atoms with van der Waals surface area (Å²) in [5.74, 6) is 0. The van der Waals surface area contributed by atoms with Crippen LogP contribution < -0.4 is 10.6 Å². The highest BCUT2D eigenvalue weighted by molar-refractivity contribution is 5.92. The average molecular weight is 421 g/mol. The fraction of sp³-hybridized carbons (Fsp3) is 0.667. The Morgan fingerprint density at radius 3 is 1.23 bits per heavy atom. The molecule has 0 saturated heterocycles. The van der Waals surface area contributed by atoms with Gasteiger partial charge in [-0.3, -0.25) is 10.6 Å². The smallest absolute Gasteiger partial charge is 0.411 e. The Hall–Kier alpha value is -2.24. The Balaban J connectivity index is 2.74. The lowest BCUT2D eigenvalue weighted by molar-refractivity contribution is 0.158. The maximum atomic E-state index is 12.2. The Bertz CT molecular complexity index is 613. The third-order valence-corrected chi connectivity index (χ3v) is 5.54. The first kappa shape index (κ1) is 25.8. The predicted octanol–water partition coefficient (Wildman–Crippen LogP) is 7.18. The molecule has 6 heteroatoms. The molecule has 0 aliphatic rings. The first-order chi connectivity index (χ1) is 14.3. The number of carbonyl (C=O) groups is 2. The minimum atomic E-state index is -0.441. The highest BCUT2D eigenvalue weighted by atomic mass is 16.6. The van der Waals surface area contributed by atoms with Crippen LogP contribution in [0.3, 0.4) is 0 Å². The third-order valence-electron chi connectivity index (χ3n) is 5.54. The number of unbranched alkanes of at least 4 members (excludes halogenated alkanes) is 6. The molecule has 0 saturated carbocycles. The quantitative estimate of drug-likeness (QED) is 0.351. The van der Waals surface area contributed by atoms with Crippen LogP contribution in [0.1, 0.15) is 87.5 Å². The predicted molar refractivity (Wildman–Crippen MR) is 124 cm³/mol. The van der Waals surface area contributed by atoms with E-state index in [1.807, 2.05) is 27.7 Å². The van der Waals surface area contributed by atoms with E-state index < -0.39 is 12.2 Å². The summed E-state index contributed by atoms with van der Waals surface area (Å²) in [5.41, 5.74) is 5.08. The van der Waals surface area contributed by atoms with Gasteiger partial charge in [-0.15, -0.1) is 0 Å². The van der Waals surface area contributed by atoms with Crippen LogP contribution in [0.15, 0.2) is 0 Å². The number of benzene rings is 1. The molecule has 0 unspecified atom stereocenters. The second-order valence-electron chi connectivity index (χ2n) is 7.89. The highest BCUT2D eigenvalue weighted by Gasteiger charge is 2.18. The topological polar surface area (TPSA) is 76.7 Å². The molecule has 6 nitrogen and oxygen atoms in total. The zero-order valence-electron chi connectivity index (χ0n) is 19.7. The Morgan fingerprint density at radius 2 is 0.933 bits per heavy atom. The number of hydrogen-bond donors (Lipinski definition) is 2. The molecule has 0 spiro atoms. The number of amides is 2. The van der Waals surface area contributed by atoms with E-state index in [0.29, 0.717) is 13.2 Å². The molecule has 2 N–H and O–H groups in total. The third kappa shape index (κ3) is 8.25. The molecule has 30 heavy (non-hydrogen) atoms. The van der Waals surface area contributed by atoms with Gasteiger partial charge in [0.1, 0.15) is 0 Å². The second-order valence-corrected chi connectivity index (χ2v) is 7.89. The van der Waals surface area contributed by atoms with Crippen molar-refractivity contribution in [2.24, 2.45) is 0 Å². The van der Waals surface area contributed by atoms with Gasteiger partial charge in [-0.2, -0.15) is 0 Å².